The molecule has 1 fully saturated rings. The summed E-state index contributed by atoms with van der Waals surface area (Å²) in [6.45, 7) is 23.3. The van der Waals surface area contributed by atoms with E-state index in [0.29, 0.717) is 11.6 Å². The van der Waals surface area contributed by atoms with Gasteiger partial charge in [0.05, 0.1) is 18.3 Å². The number of alkyl halides is 3. The monoisotopic (exact) mass is 866 g/mol. The van der Waals surface area contributed by atoms with E-state index < -0.39 is 65.2 Å². The number of hydrogen-bond acceptors (Lipinski definition) is 10. The van der Waals surface area contributed by atoms with Gasteiger partial charge in [-0.05, 0) is 87.1 Å². The molecule has 10 nitrogen and oxygen atoms in total. The van der Waals surface area contributed by atoms with Crippen molar-refractivity contribution >= 4 is 34.4 Å². The molecule has 0 spiro atoms. The highest BCUT2D eigenvalue weighted by Crippen LogP contribution is 2.39. The van der Waals surface area contributed by atoms with Crippen molar-refractivity contribution in [3.05, 3.63) is 77.4 Å². The maximum atomic E-state index is 13.6. The molecule has 330 valence electrons. The summed E-state index contributed by atoms with van der Waals surface area (Å²) in [7, 11) is -2.28. The Balaban J connectivity index is 2.03. The molecule has 3 rings (SSSR count). The third-order valence-corrected chi connectivity index (χ3v) is 16.5. The molecule has 0 bridgehead atoms. The predicted octanol–water partition coefficient (Wildman–Crippen LogP) is 10.9. The van der Waals surface area contributed by atoms with Gasteiger partial charge in [-0.1, -0.05) is 83.8 Å². The van der Waals surface area contributed by atoms with Gasteiger partial charge in [0.25, 0.3) is 0 Å². The molecule has 59 heavy (non-hydrogen) atoms. The van der Waals surface area contributed by atoms with Gasteiger partial charge in [-0.15, -0.1) is 0 Å². The van der Waals surface area contributed by atoms with Crippen molar-refractivity contribution in [2.45, 2.75) is 135 Å². The molecule has 1 saturated heterocycles. The third-order valence-electron chi connectivity index (χ3n) is 10.2. The lowest BCUT2D eigenvalue weighted by molar-refractivity contribution is -0.153. The summed E-state index contributed by atoms with van der Waals surface area (Å²) in [4.78, 5) is 27.2. The minimum Gasteiger partial charge on any atom is -0.484 e. The second-order valence-corrected chi connectivity index (χ2v) is 28.5. The van der Waals surface area contributed by atoms with E-state index in [1.165, 1.54) is 19.2 Å². The van der Waals surface area contributed by atoms with Crippen molar-refractivity contribution in [3.8, 4) is 11.5 Å². The molecule has 0 aliphatic carbocycles. The highest BCUT2D eigenvalue weighted by Gasteiger charge is 2.46. The van der Waals surface area contributed by atoms with Crippen LogP contribution in [-0.4, -0.2) is 91.8 Å². The quantitative estimate of drug-likeness (QED) is 0.0552. The zero-order valence-electron chi connectivity index (χ0n) is 37.0. The summed E-state index contributed by atoms with van der Waals surface area (Å²) in [5.41, 5.74) is 0.556. The molecule has 1 aliphatic heterocycles. The first kappa shape index (κ1) is 49.9. The number of methoxy groups -OCH3 is 1. The Kier molecular flexibility index (Phi) is 17.6. The molecule has 1 heterocycles. The lowest BCUT2D eigenvalue weighted by Gasteiger charge is -2.39. The summed E-state index contributed by atoms with van der Waals surface area (Å²) in [6.07, 6.45) is 0.178. The molecule has 1 aliphatic rings. The van der Waals surface area contributed by atoms with Gasteiger partial charge in [0, 0.05) is 27.4 Å². The average Bonchev–Trinajstić information content (AvgIpc) is 3.43. The second-order valence-electron chi connectivity index (χ2n) is 18.1. The van der Waals surface area contributed by atoms with Gasteiger partial charge in [0.2, 0.25) is 0 Å². The fourth-order valence-corrected chi connectivity index (χ4v) is 8.00. The summed E-state index contributed by atoms with van der Waals surface area (Å²) < 4.78 is 86.8. The fraction of sp³-hybridized carbons (Fsp3) is 0.591. The largest absolute Gasteiger partial charge is 0.484 e. The molecule has 1 unspecified atom stereocenters. The van der Waals surface area contributed by atoms with Crippen molar-refractivity contribution < 1.29 is 60.3 Å². The van der Waals surface area contributed by atoms with Crippen LogP contribution in [0.3, 0.4) is 0 Å². The minimum atomic E-state index is -4.61. The number of benzene rings is 2. The number of carbonyl (C=O) groups is 2. The number of hydrogen-bond donors (Lipinski definition) is 0. The molecule has 15 heteroatoms. The molecule has 0 radical (unpaired) electrons. The SMILES string of the molecule is COCOc1cc(OCC(F)(F)F)cc(/C=C/C[C@@H]2OC(C)(C)O[C@@H]2C(/C=C\[C@@H](C)[C@H](C)O[Si](C)(C)C(C)(C)C)OC(=O)c2ccccc2)c1C(=O)OCC[Si](C)(C)C. The van der Waals surface area contributed by atoms with Crippen LogP contribution in [0.25, 0.3) is 6.08 Å². The minimum absolute atomic E-state index is 0.00525. The van der Waals surface area contributed by atoms with Crippen LogP contribution in [0.5, 0.6) is 11.5 Å². The van der Waals surface area contributed by atoms with Crippen molar-refractivity contribution in [1.29, 1.82) is 0 Å². The van der Waals surface area contributed by atoms with Gasteiger partial charge >= 0.3 is 18.1 Å². The van der Waals surface area contributed by atoms with Gasteiger partial charge in [-0.3, -0.25) is 0 Å². The molecule has 2 aromatic rings. The molecule has 0 amide bonds. The van der Waals surface area contributed by atoms with Crippen LogP contribution in [0.1, 0.15) is 81.2 Å². The lowest BCUT2D eigenvalue weighted by Crippen LogP contribution is -2.44. The first-order valence-electron chi connectivity index (χ1n) is 20.0. The van der Waals surface area contributed by atoms with E-state index in [-0.39, 0.29) is 59.5 Å². The Morgan fingerprint density at radius 3 is 2.19 bits per heavy atom. The Hall–Kier alpha value is -3.48. The summed E-state index contributed by atoms with van der Waals surface area (Å²) in [6, 6.07) is 11.9. The molecular formula is C44H65F3O10Si2. The van der Waals surface area contributed by atoms with E-state index in [4.69, 9.17) is 37.6 Å². The van der Waals surface area contributed by atoms with E-state index in [2.05, 4.69) is 53.5 Å². The lowest BCUT2D eigenvalue weighted by atomic mass is 9.99. The van der Waals surface area contributed by atoms with Crippen molar-refractivity contribution in [3.63, 3.8) is 0 Å². The number of carbonyl (C=O) groups excluding carboxylic acids is 2. The first-order chi connectivity index (χ1) is 27.2. The van der Waals surface area contributed by atoms with Crippen LogP contribution in [0.2, 0.25) is 43.8 Å². The van der Waals surface area contributed by atoms with Crippen LogP contribution in [0.4, 0.5) is 13.2 Å². The topological polar surface area (TPSA) is 108 Å². The van der Waals surface area contributed by atoms with E-state index >= 15 is 0 Å². The van der Waals surface area contributed by atoms with Crippen molar-refractivity contribution in [1.82, 2.24) is 0 Å². The third kappa shape index (κ3) is 16.1. The zero-order chi connectivity index (χ0) is 44.4. The van der Waals surface area contributed by atoms with E-state index in [1.807, 2.05) is 32.1 Å². The highest BCUT2D eigenvalue weighted by molar-refractivity contribution is 6.76. The second kappa shape index (κ2) is 20.9. The number of rotatable bonds is 20. The Bertz CT molecular complexity index is 1730. The van der Waals surface area contributed by atoms with Gasteiger partial charge in [0.15, 0.2) is 27.5 Å². The zero-order valence-corrected chi connectivity index (χ0v) is 39.0. The van der Waals surface area contributed by atoms with E-state index in [9.17, 15) is 22.8 Å². The normalized spacial score (nSPS) is 19.1. The van der Waals surface area contributed by atoms with Crippen LogP contribution in [0, 0.1) is 5.92 Å². The van der Waals surface area contributed by atoms with Gasteiger partial charge in [-0.2, -0.15) is 13.2 Å². The van der Waals surface area contributed by atoms with Gasteiger partial charge < -0.3 is 37.6 Å². The van der Waals surface area contributed by atoms with Gasteiger partial charge in [0.1, 0.15) is 29.3 Å². The Morgan fingerprint density at radius 1 is 0.932 bits per heavy atom. The highest BCUT2D eigenvalue weighted by atomic mass is 28.4. The smallest absolute Gasteiger partial charge is 0.422 e. The number of ether oxygens (including phenoxy) is 7. The maximum Gasteiger partial charge on any atom is 0.422 e. The van der Waals surface area contributed by atoms with Crippen LogP contribution in [0.15, 0.2) is 60.7 Å². The number of esters is 2. The molecule has 2 aromatic carbocycles. The van der Waals surface area contributed by atoms with E-state index in [1.54, 1.807) is 50.3 Å². The molecule has 0 saturated carbocycles. The predicted molar refractivity (Wildman–Crippen MR) is 228 cm³/mol. The molecule has 5 atom stereocenters. The van der Waals surface area contributed by atoms with E-state index in [0.717, 1.165) is 0 Å². The van der Waals surface area contributed by atoms with Crippen LogP contribution < -0.4 is 9.47 Å². The van der Waals surface area contributed by atoms with Crippen molar-refractivity contribution in [2.75, 3.05) is 27.1 Å². The fourth-order valence-electron chi connectivity index (χ4n) is 5.79. The summed E-state index contributed by atoms with van der Waals surface area (Å²) in [5.74, 6) is -2.63. The number of halogens is 3. The summed E-state index contributed by atoms with van der Waals surface area (Å²) >= 11 is 0. The molecule has 0 N–H and O–H groups in total. The maximum absolute atomic E-state index is 13.6. The standard InChI is InChI=1S/C44H65F3O10Si2/c1-30(31(2)57-59(12,13)42(3,4)5)22-23-35(54-40(48)32-18-15-14-16-19-32)39-36(55-43(6,7)56-39)21-17-20-33-26-34(52-28-44(45,46)47)27-37(53-29-50-8)38(33)41(49)51-24-25-58(9,10)11/h14-20,22-23,26-27,30-31,35-36,39H,21,24-25,28-29H2,1-13H3/b20-17+,23-22-/t30-,31+,35?,36+,39-/m1/s1. The van der Waals surface area contributed by atoms with Gasteiger partial charge in [-0.25, -0.2) is 9.59 Å². The molecular weight excluding hydrogens is 802 g/mol. The average molecular weight is 867 g/mol. The van der Waals surface area contributed by atoms with Crippen molar-refractivity contribution in [2.24, 2.45) is 5.92 Å². The first-order valence-corrected chi connectivity index (χ1v) is 26.6. The molecule has 0 aromatic heterocycles. The summed E-state index contributed by atoms with van der Waals surface area (Å²) in [5, 5.41) is 0.0183. The van der Waals surface area contributed by atoms with Crippen LogP contribution >= 0.6 is 0 Å². The Morgan fingerprint density at radius 2 is 1.59 bits per heavy atom. The van der Waals surface area contributed by atoms with Crippen LogP contribution in [-0.2, 0) is 28.1 Å². The Labute approximate surface area is 350 Å².